The van der Waals surface area contributed by atoms with Crippen molar-refractivity contribution in [1.29, 1.82) is 0 Å². The molecule has 0 radical (unpaired) electrons. The van der Waals surface area contributed by atoms with Gasteiger partial charge in [-0.25, -0.2) is 17.5 Å². The van der Waals surface area contributed by atoms with Gasteiger partial charge in [-0.3, -0.25) is 4.79 Å². The molecule has 0 aliphatic heterocycles. The molecule has 11 heteroatoms. The topological polar surface area (TPSA) is 101 Å². The minimum atomic E-state index is -3.78. The van der Waals surface area contributed by atoms with E-state index in [0.29, 0.717) is 10.4 Å². The average Bonchev–Trinajstić information content (AvgIpc) is 3.01. The Hall–Kier alpha value is -1.56. The first-order chi connectivity index (χ1) is 12.3. The zero-order chi connectivity index (χ0) is 19.2. The smallest absolute Gasteiger partial charge is 0.240 e. The molecule has 0 spiro atoms. The molecular formula is C15H19FN4O3S3. The molecule has 26 heavy (non-hydrogen) atoms. The molecule has 0 bridgehead atoms. The fraction of sp³-hybridized carbons (Fsp3) is 0.400. The lowest BCUT2D eigenvalue weighted by Crippen LogP contribution is -2.27. The normalized spacial score (nSPS) is 12.7. The molecule has 142 valence electrons. The van der Waals surface area contributed by atoms with Crippen LogP contribution in [0.5, 0.6) is 0 Å². The third kappa shape index (κ3) is 6.31. The van der Waals surface area contributed by atoms with Gasteiger partial charge in [0.1, 0.15) is 5.82 Å². The second-order valence-corrected chi connectivity index (χ2v) is 9.79. The van der Waals surface area contributed by atoms with Crippen LogP contribution in [0.1, 0.15) is 26.7 Å². The SMILES string of the molecule is CCC(C)Sc1nnc(NC(=O)CCNS(=O)(=O)c2ccc(F)cc2)s1. The molecule has 7 nitrogen and oxygen atoms in total. The molecule has 1 unspecified atom stereocenters. The summed E-state index contributed by atoms with van der Waals surface area (Å²) in [6.45, 7) is 4.07. The van der Waals surface area contributed by atoms with Crippen LogP contribution < -0.4 is 10.0 Å². The summed E-state index contributed by atoms with van der Waals surface area (Å²) in [5, 5.41) is 11.3. The van der Waals surface area contributed by atoms with Crippen molar-refractivity contribution in [2.75, 3.05) is 11.9 Å². The molecule has 2 aromatic rings. The number of nitrogens with one attached hydrogen (secondary N) is 2. The first kappa shape index (κ1) is 20.7. The molecule has 1 atom stereocenters. The van der Waals surface area contributed by atoms with Crippen LogP contribution in [0.25, 0.3) is 0 Å². The van der Waals surface area contributed by atoms with Crippen molar-refractivity contribution in [3.8, 4) is 0 Å². The highest BCUT2D eigenvalue weighted by Crippen LogP contribution is 2.29. The lowest BCUT2D eigenvalue weighted by Gasteiger charge is -2.06. The van der Waals surface area contributed by atoms with Gasteiger partial charge < -0.3 is 5.32 Å². The molecule has 2 rings (SSSR count). The van der Waals surface area contributed by atoms with Crippen LogP contribution in [-0.2, 0) is 14.8 Å². The summed E-state index contributed by atoms with van der Waals surface area (Å²) in [6.07, 6.45) is 0.938. The third-order valence-electron chi connectivity index (χ3n) is 3.30. The second kappa shape index (κ2) is 9.40. The van der Waals surface area contributed by atoms with Crippen LogP contribution >= 0.6 is 23.1 Å². The van der Waals surface area contributed by atoms with Gasteiger partial charge in [0.15, 0.2) is 4.34 Å². The van der Waals surface area contributed by atoms with Gasteiger partial charge in [0.05, 0.1) is 4.90 Å². The van der Waals surface area contributed by atoms with Crippen molar-refractivity contribution in [2.45, 2.75) is 41.2 Å². The van der Waals surface area contributed by atoms with Crippen LogP contribution in [0.4, 0.5) is 9.52 Å². The number of aromatic nitrogens is 2. The van der Waals surface area contributed by atoms with E-state index < -0.39 is 15.8 Å². The highest BCUT2D eigenvalue weighted by Gasteiger charge is 2.15. The first-order valence-electron chi connectivity index (χ1n) is 7.85. The lowest BCUT2D eigenvalue weighted by atomic mass is 10.4. The number of hydrogen-bond acceptors (Lipinski definition) is 7. The molecule has 0 fully saturated rings. The molecular weight excluding hydrogens is 399 g/mol. The van der Waals surface area contributed by atoms with Crippen LogP contribution in [0, 0.1) is 5.82 Å². The number of thioether (sulfide) groups is 1. The maximum Gasteiger partial charge on any atom is 0.240 e. The highest BCUT2D eigenvalue weighted by molar-refractivity contribution is 8.01. The van der Waals surface area contributed by atoms with E-state index in [4.69, 9.17) is 0 Å². The minimum Gasteiger partial charge on any atom is -0.300 e. The van der Waals surface area contributed by atoms with Gasteiger partial charge >= 0.3 is 0 Å². The largest absolute Gasteiger partial charge is 0.300 e. The van der Waals surface area contributed by atoms with Crippen molar-refractivity contribution in [3.05, 3.63) is 30.1 Å². The van der Waals surface area contributed by atoms with Gasteiger partial charge in [-0.2, -0.15) is 0 Å². The Morgan fingerprint density at radius 3 is 2.65 bits per heavy atom. The van der Waals surface area contributed by atoms with Gasteiger partial charge in [0, 0.05) is 18.2 Å². The number of sulfonamides is 1. The van der Waals surface area contributed by atoms with Crippen molar-refractivity contribution >= 4 is 44.2 Å². The van der Waals surface area contributed by atoms with Gasteiger partial charge in [-0.15, -0.1) is 10.2 Å². The van der Waals surface area contributed by atoms with Gasteiger partial charge in [-0.05, 0) is 30.7 Å². The second-order valence-electron chi connectivity index (χ2n) is 5.36. The number of hydrogen-bond donors (Lipinski definition) is 2. The third-order valence-corrected chi connectivity index (χ3v) is 6.97. The summed E-state index contributed by atoms with van der Waals surface area (Å²) < 4.78 is 40.0. The molecule has 0 saturated heterocycles. The number of amides is 1. The predicted molar refractivity (Wildman–Crippen MR) is 100 cm³/mol. The van der Waals surface area contributed by atoms with E-state index >= 15 is 0 Å². The van der Waals surface area contributed by atoms with Crippen molar-refractivity contribution < 1.29 is 17.6 Å². The Balaban J connectivity index is 1.81. The average molecular weight is 419 g/mol. The van der Waals surface area contributed by atoms with Gasteiger partial charge in [0.25, 0.3) is 0 Å². The Morgan fingerprint density at radius 1 is 1.31 bits per heavy atom. The zero-order valence-electron chi connectivity index (χ0n) is 14.2. The van der Waals surface area contributed by atoms with Gasteiger partial charge in [0.2, 0.25) is 21.1 Å². The Labute approximate surface area is 159 Å². The maximum atomic E-state index is 12.9. The van der Waals surface area contributed by atoms with E-state index in [2.05, 4.69) is 34.1 Å². The molecule has 0 saturated carbocycles. The van der Waals surface area contributed by atoms with E-state index in [1.165, 1.54) is 11.3 Å². The summed E-state index contributed by atoms with van der Waals surface area (Å²) in [5.41, 5.74) is 0. The van der Waals surface area contributed by atoms with Crippen LogP contribution in [0.2, 0.25) is 0 Å². The lowest BCUT2D eigenvalue weighted by molar-refractivity contribution is -0.116. The molecule has 1 heterocycles. The van der Waals surface area contributed by atoms with E-state index in [1.807, 2.05) is 0 Å². The Morgan fingerprint density at radius 2 is 2.00 bits per heavy atom. The minimum absolute atomic E-state index is 0.0601. The summed E-state index contributed by atoms with van der Waals surface area (Å²) in [5.74, 6) is -0.894. The number of anilines is 1. The highest BCUT2D eigenvalue weighted by atomic mass is 32.2. The molecule has 1 amide bonds. The molecule has 1 aromatic heterocycles. The van der Waals surface area contributed by atoms with Crippen LogP contribution in [0.15, 0.2) is 33.5 Å². The predicted octanol–water partition coefficient (Wildman–Crippen LogP) is 2.87. The molecule has 0 aliphatic rings. The maximum absolute atomic E-state index is 12.9. The number of halogens is 1. The summed E-state index contributed by atoms with van der Waals surface area (Å²) in [6, 6.07) is 4.45. The number of rotatable bonds is 9. The van der Waals surface area contributed by atoms with E-state index in [0.717, 1.165) is 35.0 Å². The zero-order valence-corrected chi connectivity index (χ0v) is 16.7. The summed E-state index contributed by atoms with van der Waals surface area (Å²) in [4.78, 5) is 11.8. The first-order valence-corrected chi connectivity index (χ1v) is 11.0. The van der Waals surface area contributed by atoms with Gasteiger partial charge in [-0.1, -0.05) is 36.9 Å². The van der Waals surface area contributed by atoms with Crippen LogP contribution in [0.3, 0.4) is 0 Å². The number of nitrogens with zero attached hydrogens (tertiary/aromatic N) is 2. The molecule has 2 N–H and O–H groups in total. The fourth-order valence-electron chi connectivity index (χ4n) is 1.74. The molecule has 1 aromatic carbocycles. The molecule has 0 aliphatic carbocycles. The van der Waals surface area contributed by atoms with Crippen molar-refractivity contribution in [2.24, 2.45) is 0 Å². The number of carbonyl (C=O) groups is 1. The quantitative estimate of drug-likeness (QED) is 0.480. The summed E-state index contributed by atoms with van der Waals surface area (Å²) >= 11 is 2.86. The van der Waals surface area contributed by atoms with Crippen molar-refractivity contribution in [3.63, 3.8) is 0 Å². The monoisotopic (exact) mass is 418 g/mol. The van der Waals surface area contributed by atoms with E-state index in [-0.39, 0.29) is 23.8 Å². The number of benzene rings is 1. The number of carbonyl (C=O) groups excluding carboxylic acids is 1. The summed E-state index contributed by atoms with van der Waals surface area (Å²) in [7, 11) is -3.78. The Kier molecular flexibility index (Phi) is 7.50. The van der Waals surface area contributed by atoms with Crippen LogP contribution in [-0.4, -0.2) is 36.3 Å². The Bertz CT molecular complexity index is 840. The standard InChI is InChI=1S/C15H19FN4O3S3/c1-3-10(2)24-15-20-19-14(25-15)18-13(21)8-9-17-26(22,23)12-6-4-11(16)5-7-12/h4-7,10,17H,3,8-9H2,1-2H3,(H,18,19,21). The van der Waals surface area contributed by atoms with Crippen molar-refractivity contribution in [1.82, 2.24) is 14.9 Å². The fourth-order valence-corrected chi connectivity index (χ4v) is 4.79. The van der Waals surface area contributed by atoms with E-state index in [1.54, 1.807) is 11.8 Å². The van der Waals surface area contributed by atoms with E-state index in [9.17, 15) is 17.6 Å².